The van der Waals surface area contributed by atoms with E-state index in [1.54, 1.807) is 0 Å². The van der Waals surface area contributed by atoms with Gasteiger partial charge in [0, 0.05) is 5.92 Å². The number of rotatable bonds is 2. The van der Waals surface area contributed by atoms with Gasteiger partial charge in [-0.25, -0.2) is 0 Å². The van der Waals surface area contributed by atoms with Gasteiger partial charge in [0.15, 0.2) is 0 Å². The second-order valence-corrected chi connectivity index (χ2v) is 4.80. The zero-order chi connectivity index (χ0) is 10.3. The van der Waals surface area contributed by atoms with Crippen molar-refractivity contribution in [2.75, 3.05) is 0 Å². The normalized spacial score (nSPS) is 57.4. The minimum absolute atomic E-state index is 0.0195. The first-order valence-electron chi connectivity index (χ1n) is 4.71. The Morgan fingerprint density at radius 3 is 2.21 bits per heavy atom. The fraction of sp³-hybridized carbons (Fsp3) is 0.778. The van der Waals surface area contributed by atoms with E-state index in [0.29, 0.717) is 12.8 Å². The Balaban J connectivity index is 2.06. The van der Waals surface area contributed by atoms with Crippen molar-refractivity contribution in [2.45, 2.75) is 18.4 Å². The SMILES string of the molecule is N[C@]1(C(=O)O)[C@H]2C[C@@H]3[C@H]1[C@@]3(C(=O)O)C2. The Morgan fingerprint density at radius 2 is 1.93 bits per heavy atom. The van der Waals surface area contributed by atoms with E-state index in [-0.39, 0.29) is 17.8 Å². The highest BCUT2D eigenvalue weighted by atomic mass is 16.4. The molecule has 0 aromatic heterocycles. The summed E-state index contributed by atoms with van der Waals surface area (Å²) in [4.78, 5) is 22.1. The van der Waals surface area contributed by atoms with Crippen LogP contribution in [0.3, 0.4) is 0 Å². The van der Waals surface area contributed by atoms with Gasteiger partial charge in [0.25, 0.3) is 0 Å². The van der Waals surface area contributed by atoms with Crippen LogP contribution in [0.1, 0.15) is 12.8 Å². The monoisotopic (exact) mass is 197 g/mol. The first-order valence-corrected chi connectivity index (χ1v) is 4.71. The summed E-state index contributed by atoms with van der Waals surface area (Å²) in [5.74, 6) is -2.33. The van der Waals surface area contributed by atoms with E-state index < -0.39 is 22.9 Å². The lowest BCUT2D eigenvalue weighted by atomic mass is 9.90. The number of hydrogen-bond donors (Lipinski definition) is 3. The molecule has 5 atom stereocenters. The molecule has 4 N–H and O–H groups in total. The van der Waals surface area contributed by atoms with Crippen LogP contribution in [0.4, 0.5) is 0 Å². The van der Waals surface area contributed by atoms with Crippen LogP contribution in [-0.4, -0.2) is 27.7 Å². The molecule has 0 radical (unpaired) electrons. The lowest BCUT2D eigenvalue weighted by Gasteiger charge is -2.22. The molecule has 0 saturated heterocycles. The van der Waals surface area contributed by atoms with Gasteiger partial charge in [-0.3, -0.25) is 9.59 Å². The molecule has 0 spiro atoms. The molecule has 0 aromatic carbocycles. The fourth-order valence-corrected chi connectivity index (χ4v) is 4.00. The van der Waals surface area contributed by atoms with Crippen molar-refractivity contribution in [3.05, 3.63) is 0 Å². The first-order chi connectivity index (χ1) is 6.45. The highest BCUT2D eigenvalue weighted by molar-refractivity contribution is 5.90. The molecule has 4 rings (SSSR count). The van der Waals surface area contributed by atoms with Crippen molar-refractivity contribution in [1.82, 2.24) is 0 Å². The van der Waals surface area contributed by atoms with Gasteiger partial charge in [-0.1, -0.05) is 0 Å². The molecule has 4 saturated carbocycles. The molecule has 0 aliphatic heterocycles. The van der Waals surface area contributed by atoms with Gasteiger partial charge in [0.1, 0.15) is 5.54 Å². The van der Waals surface area contributed by atoms with Crippen LogP contribution in [0.5, 0.6) is 0 Å². The summed E-state index contributed by atoms with van der Waals surface area (Å²) in [6.45, 7) is 0. The Morgan fingerprint density at radius 1 is 1.29 bits per heavy atom. The average Bonchev–Trinajstić information content (AvgIpc) is 2.45. The molecule has 5 nitrogen and oxygen atoms in total. The largest absolute Gasteiger partial charge is 0.481 e. The molecule has 0 heterocycles. The third-order valence-electron chi connectivity index (χ3n) is 4.59. The summed E-state index contributed by atoms with van der Waals surface area (Å²) in [6.07, 6.45) is 1.14. The van der Waals surface area contributed by atoms with Crippen LogP contribution >= 0.6 is 0 Å². The second-order valence-electron chi connectivity index (χ2n) is 4.80. The van der Waals surface area contributed by atoms with Crippen LogP contribution in [0, 0.1) is 23.2 Å². The summed E-state index contributed by atoms with van der Waals surface area (Å²) in [6, 6.07) is 0. The van der Waals surface area contributed by atoms with Gasteiger partial charge in [-0.15, -0.1) is 0 Å². The van der Waals surface area contributed by atoms with Crippen molar-refractivity contribution in [3.63, 3.8) is 0 Å². The van der Waals surface area contributed by atoms with Gasteiger partial charge in [0.2, 0.25) is 0 Å². The molecule has 4 aliphatic rings. The first kappa shape index (κ1) is 8.23. The van der Waals surface area contributed by atoms with Crippen LogP contribution in [0.25, 0.3) is 0 Å². The summed E-state index contributed by atoms with van der Waals surface area (Å²) < 4.78 is 0. The second kappa shape index (κ2) is 1.82. The number of carboxylic acids is 2. The predicted octanol–water partition coefficient (Wildman–Crippen LogP) is -0.491. The van der Waals surface area contributed by atoms with Crippen LogP contribution < -0.4 is 5.73 Å². The van der Waals surface area contributed by atoms with Gasteiger partial charge in [0.05, 0.1) is 5.41 Å². The third-order valence-corrected chi connectivity index (χ3v) is 4.59. The third kappa shape index (κ3) is 0.507. The minimum atomic E-state index is -1.26. The van der Waals surface area contributed by atoms with Crippen molar-refractivity contribution in [1.29, 1.82) is 0 Å². The Kier molecular flexibility index (Phi) is 1.07. The average molecular weight is 197 g/mol. The quantitative estimate of drug-likeness (QED) is 0.554. The maximum atomic E-state index is 11.1. The molecule has 5 heteroatoms. The van der Waals surface area contributed by atoms with E-state index in [1.807, 2.05) is 0 Å². The van der Waals surface area contributed by atoms with E-state index in [0.717, 1.165) is 0 Å². The number of hydrogen-bond acceptors (Lipinski definition) is 3. The number of nitrogens with two attached hydrogens (primary N) is 1. The predicted molar refractivity (Wildman–Crippen MR) is 44.3 cm³/mol. The minimum Gasteiger partial charge on any atom is -0.481 e. The lowest BCUT2D eigenvalue weighted by molar-refractivity contribution is -0.145. The van der Waals surface area contributed by atoms with Crippen LogP contribution in [0.2, 0.25) is 0 Å². The summed E-state index contributed by atoms with van der Waals surface area (Å²) in [5.41, 5.74) is 3.79. The topological polar surface area (TPSA) is 101 Å². The molecule has 0 amide bonds. The van der Waals surface area contributed by atoms with Crippen molar-refractivity contribution >= 4 is 11.9 Å². The fourth-order valence-electron chi connectivity index (χ4n) is 4.00. The zero-order valence-corrected chi connectivity index (χ0v) is 7.43. The molecule has 76 valence electrons. The van der Waals surface area contributed by atoms with Gasteiger partial charge >= 0.3 is 11.9 Å². The Bertz CT molecular complexity index is 368. The molecule has 4 fully saturated rings. The molecular formula is C9H11NO4. The zero-order valence-electron chi connectivity index (χ0n) is 7.43. The number of aliphatic carboxylic acids is 2. The van der Waals surface area contributed by atoms with E-state index in [1.165, 1.54) is 0 Å². The number of carboxylic acid groups (broad SMARTS) is 2. The molecule has 14 heavy (non-hydrogen) atoms. The molecule has 4 bridgehead atoms. The number of carbonyl (C=O) groups is 2. The highest BCUT2D eigenvalue weighted by Crippen LogP contribution is 2.81. The van der Waals surface area contributed by atoms with Crippen molar-refractivity contribution < 1.29 is 19.8 Å². The van der Waals surface area contributed by atoms with E-state index in [4.69, 9.17) is 15.9 Å². The van der Waals surface area contributed by atoms with Gasteiger partial charge < -0.3 is 15.9 Å². The summed E-state index contributed by atoms with van der Waals surface area (Å²) >= 11 is 0. The molecule has 4 aliphatic carbocycles. The van der Waals surface area contributed by atoms with Crippen LogP contribution in [0.15, 0.2) is 0 Å². The van der Waals surface area contributed by atoms with Crippen molar-refractivity contribution in [2.24, 2.45) is 28.9 Å². The summed E-state index contributed by atoms with van der Waals surface area (Å²) in [7, 11) is 0. The van der Waals surface area contributed by atoms with E-state index in [9.17, 15) is 9.59 Å². The lowest BCUT2D eigenvalue weighted by Crippen LogP contribution is -2.51. The van der Waals surface area contributed by atoms with Gasteiger partial charge in [-0.2, -0.15) is 0 Å². The smallest absolute Gasteiger partial charge is 0.324 e. The van der Waals surface area contributed by atoms with Crippen molar-refractivity contribution in [3.8, 4) is 0 Å². The Hall–Kier alpha value is -1.10. The van der Waals surface area contributed by atoms with Gasteiger partial charge in [-0.05, 0) is 24.7 Å². The highest BCUT2D eigenvalue weighted by Gasteiger charge is 2.88. The molecular weight excluding hydrogens is 186 g/mol. The molecule has 0 aromatic rings. The van der Waals surface area contributed by atoms with E-state index >= 15 is 0 Å². The van der Waals surface area contributed by atoms with Crippen LogP contribution in [-0.2, 0) is 9.59 Å². The standard InChI is InChI=1S/C9H11NO4/c10-9(7(13)14)3-1-4-5(9)8(4,2-3)6(11)12/h3-5H,1-2,10H2,(H,11,12)(H,13,14)/t3-,4+,5-,8+,9+/m0/s1. The maximum Gasteiger partial charge on any atom is 0.324 e. The maximum absolute atomic E-state index is 11.1. The molecule has 0 unspecified atom stereocenters. The summed E-state index contributed by atoms with van der Waals surface area (Å²) in [5, 5.41) is 18.1. The Labute approximate surface area is 79.9 Å². The van der Waals surface area contributed by atoms with E-state index in [2.05, 4.69) is 0 Å².